The van der Waals surface area contributed by atoms with Gasteiger partial charge in [0.2, 0.25) is 0 Å². The zero-order valence-corrected chi connectivity index (χ0v) is 21.8. The summed E-state index contributed by atoms with van der Waals surface area (Å²) in [5, 5.41) is 11.0. The van der Waals surface area contributed by atoms with E-state index < -0.39 is 16.9 Å². The second kappa shape index (κ2) is 11.3. The minimum absolute atomic E-state index is 0.0484. The third-order valence-corrected chi connectivity index (χ3v) is 6.76. The summed E-state index contributed by atoms with van der Waals surface area (Å²) in [6.45, 7) is 7.49. The summed E-state index contributed by atoms with van der Waals surface area (Å²) in [5.41, 5.74) is 1.48. The number of allylic oxidation sites excluding steroid dienone is 1. The summed E-state index contributed by atoms with van der Waals surface area (Å²) in [5.74, 6) is 0.338. The van der Waals surface area contributed by atoms with Crippen molar-refractivity contribution in [2.75, 3.05) is 20.3 Å². The number of nitrogens with zero attached hydrogens (tertiary/aromatic N) is 3. The quantitative estimate of drug-likeness (QED) is 0.178. The largest absolute Gasteiger partial charge is 0.493 e. The Morgan fingerprint density at radius 2 is 1.97 bits per heavy atom. The van der Waals surface area contributed by atoms with E-state index in [1.54, 1.807) is 56.3 Å². The van der Waals surface area contributed by atoms with Gasteiger partial charge in [0.15, 0.2) is 16.3 Å². The summed E-state index contributed by atoms with van der Waals surface area (Å²) in [7, 11) is 1.50. The highest BCUT2D eigenvalue weighted by Gasteiger charge is 2.34. The lowest BCUT2D eigenvalue weighted by molar-refractivity contribution is -0.384. The molecule has 2 aromatic carbocycles. The molecule has 3 aromatic rings. The van der Waals surface area contributed by atoms with Gasteiger partial charge < -0.3 is 14.2 Å². The van der Waals surface area contributed by atoms with Crippen LogP contribution in [0.15, 0.2) is 76.2 Å². The Bertz CT molecular complexity index is 1620. The number of carbonyl (C=O) groups is 1. The lowest BCUT2D eigenvalue weighted by Gasteiger charge is -2.25. The number of nitro groups is 1. The molecule has 1 aliphatic heterocycles. The third kappa shape index (κ3) is 5.14. The van der Waals surface area contributed by atoms with E-state index in [0.29, 0.717) is 37.7 Å². The molecular weight excluding hydrogens is 510 g/mol. The van der Waals surface area contributed by atoms with E-state index in [4.69, 9.17) is 14.2 Å². The van der Waals surface area contributed by atoms with Gasteiger partial charge in [-0.05, 0) is 55.3 Å². The predicted molar refractivity (Wildman–Crippen MR) is 142 cm³/mol. The topological polar surface area (TPSA) is 122 Å². The van der Waals surface area contributed by atoms with E-state index in [1.165, 1.54) is 23.8 Å². The lowest BCUT2D eigenvalue weighted by atomic mass is 9.95. The normalized spacial score (nSPS) is 14.9. The monoisotopic (exact) mass is 535 g/mol. The van der Waals surface area contributed by atoms with Crippen LogP contribution in [0.4, 0.5) is 5.69 Å². The van der Waals surface area contributed by atoms with Gasteiger partial charge in [-0.25, -0.2) is 9.79 Å². The van der Waals surface area contributed by atoms with E-state index in [2.05, 4.69) is 11.6 Å². The molecule has 0 bridgehead atoms. The molecule has 0 amide bonds. The zero-order valence-electron chi connectivity index (χ0n) is 21.0. The Balaban J connectivity index is 1.90. The number of hydrogen-bond acceptors (Lipinski definition) is 9. The van der Waals surface area contributed by atoms with Crippen molar-refractivity contribution in [3.05, 3.63) is 107 Å². The van der Waals surface area contributed by atoms with Crippen LogP contribution in [-0.4, -0.2) is 35.8 Å². The average molecular weight is 536 g/mol. The summed E-state index contributed by atoms with van der Waals surface area (Å²) in [6.07, 6.45) is 3.25. The fraction of sp³-hybridized carbons (Fsp3) is 0.222. The fourth-order valence-corrected chi connectivity index (χ4v) is 5.12. The van der Waals surface area contributed by atoms with Crippen LogP contribution in [0.25, 0.3) is 6.08 Å². The second-order valence-electron chi connectivity index (χ2n) is 8.16. The molecule has 0 saturated heterocycles. The van der Waals surface area contributed by atoms with Gasteiger partial charge in [0.25, 0.3) is 11.2 Å². The maximum absolute atomic E-state index is 13.7. The van der Waals surface area contributed by atoms with Crippen LogP contribution in [0, 0.1) is 10.1 Å². The summed E-state index contributed by atoms with van der Waals surface area (Å²) >= 11 is 1.16. The van der Waals surface area contributed by atoms with Gasteiger partial charge in [-0.1, -0.05) is 30.1 Å². The van der Waals surface area contributed by atoms with Crippen molar-refractivity contribution in [1.29, 1.82) is 0 Å². The fourth-order valence-electron chi connectivity index (χ4n) is 4.07. The molecule has 0 aliphatic carbocycles. The van der Waals surface area contributed by atoms with Gasteiger partial charge in [-0.2, -0.15) is 0 Å². The number of nitro benzene ring substituents is 1. The van der Waals surface area contributed by atoms with Crippen molar-refractivity contribution in [3.63, 3.8) is 0 Å². The van der Waals surface area contributed by atoms with Crippen LogP contribution in [0.1, 0.15) is 31.0 Å². The summed E-state index contributed by atoms with van der Waals surface area (Å²) in [4.78, 5) is 42.2. The number of fused-ring (bicyclic) bond motifs is 1. The summed E-state index contributed by atoms with van der Waals surface area (Å²) in [6, 6.07) is 10.2. The van der Waals surface area contributed by atoms with Gasteiger partial charge in [-0.15, -0.1) is 0 Å². The van der Waals surface area contributed by atoms with E-state index in [1.807, 2.05) is 0 Å². The highest BCUT2D eigenvalue weighted by molar-refractivity contribution is 7.07. The minimum atomic E-state index is -0.827. The zero-order chi connectivity index (χ0) is 27.4. The molecule has 0 fully saturated rings. The molecule has 10 nitrogen and oxygen atoms in total. The third-order valence-electron chi connectivity index (χ3n) is 5.78. The Labute approximate surface area is 221 Å². The number of carbonyl (C=O) groups excluding carboxylic acids is 1. The van der Waals surface area contributed by atoms with Crippen LogP contribution in [0.2, 0.25) is 0 Å². The highest BCUT2D eigenvalue weighted by atomic mass is 32.1. The number of methoxy groups -OCH3 is 1. The number of thiazole rings is 1. The molecular formula is C27H25N3O7S. The smallest absolute Gasteiger partial charge is 0.338 e. The first-order valence-electron chi connectivity index (χ1n) is 11.6. The maximum Gasteiger partial charge on any atom is 0.338 e. The van der Waals surface area contributed by atoms with Crippen LogP contribution in [0.3, 0.4) is 0 Å². The Kier molecular flexibility index (Phi) is 7.87. The number of hydrogen-bond donors (Lipinski definition) is 0. The van der Waals surface area contributed by atoms with Crippen molar-refractivity contribution >= 4 is 29.1 Å². The molecule has 1 aliphatic rings. The molecule has 0 saturated carbocycles. The van der Waals surface area contributed by atoms with E-state index in [-0.39, 0.29) is 30.0 Å². The number of rotatable bonds is 9. The first-order valence-corrected chi connectivity index (χ1v) is 12.5. The van der Waals surface area contributed by atoms with E-state index in [0.717, 1.165) is 11.3 Å². The number of non-ortho nitro benzene ring substituents is 1. The average Bonchev–Trinajstić information content (AvgIpc) is 3.20. The second-order valence-corrected chi connectivity index (χ2v) is 9.17. The number of benzene rings is 2. The van der Waals surface area contributed by atoms with Gasteiger partial charge >= 0.3 is 5.97 Å². The van der Waals surface area contributed by atoms with Crippen LogP contribution in [-0.2, 0) is 9.53 Å². The molecule has 4 rings (SSSR count). The number of aromatic nitrogens is 1. The molecule has 1 atom stereocenters. The Hall–Kier alpha value is -4.51. The number of esters is 1. The van der Waals surface area contributed by atoms with Crippen molar-refractivity contribution in [1.82, 2.24) is 4.57 Å². The SMILES string of the molecule is C=CCOc1ccc(C2C(C(=O)OCC)=C(C)N=c3s/c(=C\c4ccc([N+](=O)[O-])cc4)c(=O)n32)cc1OC. The molecule has 38 heavy (non-hydrogen) atoms. The molecule has 1 aromatic heterocycles. The molecule has 1 unspecified atom stereocenters. The Morgan fingerprint density at radius 1 is 1.24 bits per heavy atom. The van der Waals surface area contributed by atoms with Gasteiger partial charge in [-0.3, -0.25) is 19.5 Å². The van der Waals surface area contributed by atoms with E-state index >= 15 is 0 Å². The van der Waals surface area contributed by atoms with E-state index in [9.17, 15) is 19.7 Å². The van der Waals surface area contributed by atoms with Crippen molar-refractivity contribution in [2.45, 2.75) is 19.9 Å². The first-order chi connectivity index (χ1) is 18.3. The molecule has 11 heteroatoms. The molecule has 196 valence electrons. The van der Waals surface area contributed by atoms with Crippen molar-refractivity contribution in [3.8, 4) is 11.5 Å². The molecule has 0 spiro atoms. The van der Waals surface area contributed by atoms with Crippen molar-refractivity contribution in [2.24, 2.45) is 4.99 Å². The maximum atomic E-state index is 13.7. The minimum Gasteiger partial charge on any atom is -0.493 e. The summed E-state index contributed by atoms with van der Waals surface area (Å²) < 4.78 is 18.3. The molecule has 0 radical (unpaired) electrons. The van der Waals surface area contributed by atoms with Crippen LogP contribution in [0.5, 0.6) is 11.5 Å². The van der Waals surface area contributed by atoms with Crippen LogP contribution < -0.4 is 24.4 Å². The van der Waals surface area contributed by atoms with Gasteiger partial charge in [0.1, 0.15) is 6.61 Å². The van der Waals surface area contributed by atoms with Crippen LogP contribution >= 0.6 is 11.3 Å². The Morgan fingerprint density at radius 3 is 2.61 bits per heavy atom. The predicted octanol–water partition coefficient (Wildman–Crippen LogP) is 3.28. The molecule has 2 heterocycles. The van der Waals surface area contributed by atoms with Gasteiger partial charge in [0, 0.05) is 12.1 Å². The standard InChI is InChI=1S/C27H25N3O7S/c1-5-13-37-20-12-9-18(15-21(20)35-4)24-23(26(32)36-6-2)16(3)28-27-29(24)25(31)22(38-27)14-17-7-10-19(11-8-17)30(33)34/h5,7-12,14-15,24H,1,6,13H2,2-4H3/b22-14-. The first kappa shape index (κ1) is 26.6. The van der Waals surface area contributed by atoms with Crippen molar-refractivity contribution < 1.29 is 23.9 Å². The van der Waals surface area contributed by atoms with Gasteiger partial charge in [0.05, 0.1) is 40.5 Å². The lowest BCUT2D eigenvalue weighted by Crippen LogP contribution is -2.40. The number of ether oxygens (including phenoxy) is 3. The molecule has 0 N–H and O–H groups in total. The highest BCUT2D eigenvalue weighted by Crippen LogP contribution is 2.36.